The average molecular weight is 244 g/mol. The van der Waals surface area contributed by atoms with Crippen LogP contribution in [0.3, 0.4) is 0 Å². The molecule has 1 aliphatic carbocycles. The number of thioether (sulfide) groups is 1. The summed E-state index contributed by atoms with van der Waals surface area (Å²) in [6.45, 7) is 2.61. The smallest absolute Gasteiger partial charge is 0.220 e. The van der Waals surface area contributed by atoms with Crippen LogP contribution in [0.1, 0.15) is 39.0 Å². The van der Waals surface area contributed by atoms with Gasteiger partial charge in [-0.1, -0.05) is 13.3 Å². The monoisotopic (exact) mass is 244 g/mol. The highest BCUT2D eigenvalue weighted by molar-refractivity contribution is 7.99. The Morgan fingerprint density at radius 1 is 1.56 bits per heavy atom. The first-order valence-corrected chi connectivity index (χ1v) is 7.46. The van der Waals surface area contributed by atoms with Crippen molar-refractivity contribution in [1.82, 2.24) is 5.32 Å². The zero-order valence-corrected chi connectivity index (χ0v) is 11.2. The summed E-state index contributed by atoms with van der Waals surface area (Å²) in [6, 6.07) is 0.392. The number of hydrogen-bond donors (Lipinski definition) is 2. The fraction of sp³-hybridized carbons (Fsp3) is 0.917. The lowest BCUT2D eigenvalue weighted by molar-refractivity contribution is -0.122. The van der Waals surface area contributed by atoms with E-state index in [0.29, 0.717) is 24.9 Å². The van der Waals surface area contributed by atoms with Gasteiger partial charge in [-0.15, -0.1) is 0 Å². The molecule has 4 heteroatoms. The molecular formula is C12H24N2OS. The van der Waals surface area contributed by atoms with Crippen LogP contribution >= 0.6 is 11.8 Å². The SMILES string of the molecule is CSC1CCCC(NC(=O)CC(C)CN)C1. The minimum Gasteiger partial charge on any atom is -0.353 e. The molecule has 3 N–H and O–H groups in total. The zero-order chi connectivity index (χ0) is 12.0. The average Bonchev–Trinajstić information content (AvgIpc) is 2.28. The fourth-order valence-electron chi connectivity index (χ4n) is 2.18. The third-order valence-corrected chi connectivity index (χ3v) is 4.36. The molecule has 0 heterocycles. The topological polar surface area (TPSA) is 55.1 Å². The second kappa shape index (κ2) is 7.17. The van der Waals surface area contributed by atoms with E-state index in [2.05, 4.69) is 11.6 Å². The maximum Gasteiger partial charge on any atom is 0.220 e. The Hall–Kier alpha value is -0.220. The third-order valence-electron chi connectivity index (χ3n) is 3.26. The standard InChI is InChI=1S/C12H24N2OS/c1-9(8-13)6-12(15)14-10-4-3-5-11(7-10)16-2/h9-11H,3-8,13H2,1-2H3,(H,14,15). The van der Waals surface area contributed by atoms with Crippen LogP contribution in [-0.4, -0.2) is 30.0 Å². The number of nitrogens with two attached hydrogens (primary N) is 1. The Balaban J connectivity index is 2.27. The molecule has 0 aromatic heterocycles. The molecule has 0 aliphatic heterocycles. The molecule has 3 atom stereocenters. The van der Waals surface area contributed by atoms with Gasteiger partial charge in [0.05, 0.1) is 0 Å². The predicted molar refractivity (Wildman–Crippen MR) is 70.5 cm³/mol. The van der Waals surface area contributed by atoms with Crippen LogP contribution in [-0.2, 0) is 4.79 Å². The number of nitrogens with one attached hydrogen (secondary N) is 1. The summed E-state index contributed by atoms with van der Waals surface area (Å²) in [6.07, 6.45) is 7.53. The first kappa shape index (κ1) is 13.8. The normalized spacial score (nSPS) is 27.4. The second-order valence-corrected chi connectivity index (χ2v) is 5.97. The minimum absolute atomic E-state index is 0.171. The Kier molecular flexibility index (Phi) is 6.21. The maximum absolute atomic E-state index is 11.7. The molecule has 0 radical (unpaired) electrons. The van der Waals surface area contributed by atoms with Crippen molar-refractivity contribution in [3.05, 3.63) is 0 Å². The van der Waals surface area contributed by atoms with E-state index in [-0.39, 0.29) is 5.91 Å². The van der Waals surface area contributed by atoms with Gasteiger partial charge in [-0.25, -0.2) is 0 Å². The van der Waals surface area contributed by atoms with Crippen molar-refractivity contribution in [3.63, 3.8) is 0 Å². The summed E-state index contributed by atoms with van der Waals surface area (Å²) < 4.78 is 0. The Morgan fingerprint density at radius 3 is 2.94 bits per heavy atom. The molecule has 0 saturated heterocycles. The van der Waals surface area contributed by atoms with E-state index in [1.54, 1.807) is 0 Å². The van der Waals surface area contributed by atoms with Crippen molar-refractivity contribution in [1.29, 1.82) is 0 Å². The van der Waals surface area contributed by atoms with Crippen molar-refractivity contribution >= 4 is 17.7 Å². The Bertz CT molecular complexity index is 223. The predicted octanol–water partition coefficient (Wildman–Crippen LogP) is 1.76. The molecule has 16 heavy (non-hydrogen) atoms. The van der Waals surface area contributed by atoms with E-state index in [9.17, 15) is 4.79 Å². The van der Waals surface area contributed by atoms with Crippen LogP contribution in [0.15, 0.2) is 0 Å². The quantitative estimate of drug-likeness (QED) is 0.775. The van der Waals surface area contributed by atoms with E-state index in [1.807, 2.05) is 18.7 Å². The van der Waals surface area contributed by atoms with Gasteiger partial charge in [-0.3, -0.25) is 4.79 Å². The van der Waals surface area contributed by atoms with Crippen molar-refractivity contribution < 1.29 is 4.79 Å². The Morgan fingerprint density at radius 2 is 2.31 bits per heavy atom. The number of carbonyl (C=O) groups is 1. The van der Waals surface area contributed by atoms with E-state index in [1.165, 1.54) is 12.8 Å². The lowest BCUT2D eigenvalue weighted by Gasteiger charge is -2.29. The first-order chi connectivity index (χ1) is 7.65. The summed E-state index contributed by atoms with van der Waals surface area (Å²) in [5.74, 6) is 0.463. The van der Waals surface area contributed by atoms with Crippen LogP contribution in [0.25, 0.3) is 0 Å². The van der Waals surface area contributed by atoms with E-state index < -0.39 is 0 Å². The highest BCUT2D eigenvalue weighted by Crippen LogP contribution is 2.26. The first-order valence-electron chi connectivity index (χ1n) is 6.18. The molecule has 0 bridgehead atoms. The zero-order valence-electron chi connectivity index (χ0n) is 10.4. The van der Waals surface area contributed by atoms with Crippen LogP contribution in [0.4, 0.5) is 0 Å². The number of rotatable bonds is 5. The van der Waals surface area contributed by atoms with Crippen molar-refractivity contribution in [2.75, 3.05) is 12.8 Å². The van der Waals surface area contributed by atoms with Crippen molar-refractivity contribution in [2.45, 2.75) is 50.3 Å². The number of hydrogen-bond acceptors (Lipinski definition) is 3. The number of amides is 1. The largest absolute Gasteiger partial charge is 0.353 e. The van der Waals surface area contributed by atoms with Crippen LogP contribution < -0.4 is 11.1 Å². The summed E-state index contributed by atoms with van der Waals surface area (Å²) >= 11 is 1.92. The van der Waals surface area contributed by atoms with Gasteiger partial charge in [0.2, 0.25) is 5.91 Å². The molecule has 1 saturated carbocycles. The lowest BCUT2D eigenvalue weighted by atomic mass is 9.94. The summed E-state index contributed by atoms with van der Waals surface area (Å²) in [5, 5.41) is 3.87. The van der Waals surface area contributed by atoms with Gasteiger partial charge in [-0.2, -0.15) is 11.8 Å². The van der Waals surface area contributed by atoms with Gasteiger partial charge in [-0.05, 0) is 38.0 Å². The van der Waals surface area contributed by atoms with E-state index in [4.69, 9.17) is 5.73 Å². The van der Waals surface area contributed by atoms with Crippen LogP contribution in [0.2, 0.25) is 0 Å². The van der Waals surface area contributed by atoms with Gasteiger partial charge in [0, 0.05) is 17.7 Å². The molecule has 3 unspecified atom stereocenters. The van der Waals surface area contributed by atoms with Crippen molar-refractivity contribution in [3.8, 4) is 0 Å². The molecular weight excluding hydrogens is 220 g/mol. The van der Waals surface area contributed by atoms with Crippen LogP contribution in [0, 0.1) is 5.92 Å². The third kappa shape index (κ3) is 4.74. The highest BCUT2D eigenvalue weighted by Gasteiger charge is 2.22. The lowest BCUT2D eigenvalue weighted by Crippen LogP contribution is -2.40. The molecule has 94 valence electrons. The molecule has 1 aliphatic rings. The maximum atomic E-state index is 11.7. The van der Waals surface area contributed by atoms with Gasteiger partial charge in [0.25, 0.3) is 0 Å². The molecule has 1 rings (SSSR count). The highest BCUT2D eigenvalue weighted by atomic mass is 32.2. The summed E-state index contributed by atoms with van der Waals surface area (Å²) in [5.41, 5.74) is 5.51. The van der Waals surface area contributed by atoms with Gasteiger partial charge >= 0.3 is 0 Å². The van der Waals surface area contributed by atoms with Gasteiger partial charge in [0.1, 0.15) is 0 Å². The molecule has 0 spiro atoms. The molecule has 1 fully saturated rings. The Labute approximate surface area is 103 Å². The van der Waals surface area contributed by atoms with E-state index in [0.717, 1.165) is 18.1 Å². The molecule has 0 aromatic rings. The second-order valence-electron chi connectivity index (χ2n) is 4.83. The summed E-state index contributed by atoms with van der Waals surface area (Å²) in [4.78, 5) is 11.7. The number of carbonyl (C=O) groups excluding carboxylic acids is 1. The molecule has 1 amide bonds. The molecule has 0 aromatic carbocycles. The van der Waals surface area contributed by atoms with Gasteiger partial charge < -0.3 is 11.1 Å². The fourth-order valence-corrected chi connectivity index (χ4v) is 3.00. The summed E-state index contributed by atoms with van der Waals surface area (Å²) in [7, 11) is 0. The van der Waals surface area contributed by atoms with Crippen molar-refractivity contribution in [2.24, 2.45) is 11.7 Å². The minimum atomic E-state index is 0.171. The molecule has 3 nitrogen and oxygen atoms in total. The van der Waals surface area contributed by atoms with Gasteiger partial charge in [0.15, 0.2) is 0 Å². The van der Waals surface area contributed by atoms with Crippen LogP contribution in [0.5, 0.6) is 0 Å². The van der Waals surface area contributed by atoms with E-state index >= 15 is 0 Å².